The molecule has 1 aromatic heterocycles. The van der Waals surface area contributed by atoms with Gasteiger partial charge in [0.15, 0.2) is 0 Å². The molecule has 2 unspecified atom stereocenters. The molecule has 37 heavy (non-hydrogen) atoms. The fraction of sp³-hybridized carbons (Fsp3) is 0.536. The second kappa shape index (κ2) is 16.7. The van der Waals surface area contributed by atoms with Gasteiger partial charge in [0.2, 0.25) is 0 Å². The van der Waals surface area contributed by atoms with Crippen molar-refractivity contribution in [3.63, 3.8) is 0 Å². The number of benzene rings is 2. The van der Waals surface area contributed by atoms with E-state index in [9.17, 15) is 0 Å². The van der Waals surface area contributed by atoms with Crippen molar-refractivity contribution < 1.29 is 4.74 Å². The molecule has 1 fully saturated rings. The predicted molar refractivity (Wildman–Crippen MR) is 163 cm³/mol. The molecule has 3 aromatic rings. The highest BCUT2D eigenvalue weighted by atomic mass is 35.5. The molecular formula is C28H42Cl4N4O. The highest BCUT2D eigenvalue weighted by Gasteiger charge is 2.17. The van der Waals surface area contributed by atoms with Crippen LogP contribution in [0.3, 0.4) is 0 Å². The minimum Gasteiger partial charge on any atom is -0.486 e. The van der Waals surface area contributed by atoms with Crippen LogP contribution in [0, 0.1) is 12.8 Å². The van der Waals surface area contributed by atoms with Crippen LogP contribution in [0.25, 0.3) is 11.0 Å². The normalized spacial score (nSPS) is 15.2. The zero-order valence-corrected chi connectivity index (χ0v) is 25.1. The maximum absolute atomic E-state index is 6.53. The summed E-state index contributed by atoms with van der Waals surface area (Å²) in [5, 5.41) is 0.707. The van der Waals surface area contributed by atoms with Crippen molar-refractivity contribution in [2.24, 2.45) is 11.7 Å². The van der Waals surface area contributed by atoms with E-state index in [1.807, 2.05) is 24.3 Å². The van der Waals surface area contributed by atoms with Gasteiger partial charge in [-0.3, -0.25) is 0 Å². The molecule has 2 heterocycles. The van der Waals surface area contributed by atoms with Gasteiger partial charge in [-0.1, -0.05) is 37.1 Å². The third-order valence-electron chi connectivity index (χ3n) is 7.06. The van der Waals surface area contributed by atoms with Crippen molar-refractivity contribution in [1.82, 2.24) is 14.5 Å². The molecule has 0 bridgehead atoms. The Labute approximate surface area is 245 Å². The number of rotatable bonds is 11. The van der Waals surface area contributed by atoms with Gasteiger partial charge in [0.1, 0.15) is 18.2 Å². The van der Waals surface area contributed by atoms with Gasteiger partial charge in [-0.25, -0.2) is 4.98 Å². The monoisotopic (exact) mass is 590 g/mol. The molecule has 5 nitrogen and oxygen atoms in total. The Bertz CT molecular complexity index is 1050. The van der Waals surface area contributed by atoms with Crippen LogP contribution in [0.5, 0.6) is 5.75 Å². The van der Waals surface area contributed by atoms with Crippen LogP contribution in [0.15, 0.2) is 42.5 Å². The summed E-state index contributed by atoms with van der Waals surface area (Å²) < 4.78 is 8.38. The lowest BCUT2D eigenvalue weighted by molar-refractivity contribution is 0.217. The van der Waals surface area contributed by atoms with Crippen LogP contribution < -0.4 is 10.5 Å². The standard InChI is InChI=1S/C28H39ClN4O.3ClH/c1-21(19-24(30)14-17-32-15-4-3-5-16-32)13-18-33-26-8-6-7-22(2)28(26)31-27(33)20-34-25-11-9-23(29)10-12-25;;;/h6-12,21,24H,3-5,13-20,30H2,1-2H3;3*1H. The van der Waals surface area contributed by atoms with E-state index in [0.29, 0.717) is 17.5 Å². The number of nitrogens with two attached hydrogens (primary N) is 1. The summed E-state index contributed by atoms with van der Waals surface area (Å²) in [6, 6.07) is 14.2. The molecule has 1 aliphatic rings. The molecule has 2 atom stereocenters. The fourth-order valence-electron chi connectivity index (χ4n) is 5.01. The SMILES string of the molecule is Cc1cccc2c1nc(COc1ccc(Cl)cc1)n2CCC(C)CC(N)CCN1CCCCC1.Cl.Cl.Cl. The first-order valence-corrected chi connectivity index (χ1v) is 13.2. The van der Waals surface area contributed by atoms with Crippen molar-refractivity contribution in [3.8, 4) is 5.75 Å². The molecule has 0 saturated carbocycles. The van der Waals surface area contributed by atoms with Crippen molar-refractivity contribution >= 4 is 59.9 Å². The number of piperidine rings is 1. The number of hydrogen-bond donors (Lipinski definition) is 1. The summed E-state index contributed by atoms with van der Waals surface area (Å²) in [7, 11) is 0. The van der Waals surface area contributed by atoms with Crippen molar-refractivity contribution in [2.45, 2.75) is 71.6 Å². The Morgan fingerprint density at radius 3 is 2.38 bits per heavy atom. The van der Waals surface area contributed by atoms with E-state index in [1.54, 1.807) is 0 Å². The molecule has 0 amide bonds. The first-order chi connectivity index (χ1) is 16.5. The highest BCUT2D eigenvalue weighted by molar-refractivity contribution is 6.30. The van der Waals surface area contributed by atoms with Gasteiger partial charge in [0.25, 0.3) is 0 Å². The summed E-state index contributed by atoms with van der Waals surface area (Å²) >= 11 is 6.01. The Balaban J connectivity index is 0.00000228. The minimum atomic E-state index is 0. The van der Waals surface area contributed by atoms with Crippen molar-refractivity contribution in [2.75, 3.05) is 19.6 Å². The van der Waals surface area contributed by atoms with E-state index in [1.165, 1.54) is 43.4 Å². The lowest BCUT2D eigenvalue weighted by Gasteiger charge is -2.28. The van der Waals surface area contributed by atoms with Crippen molar-refractivity contribution in [3.05, 3.63) is 58.9 Å². The summed E-state index contributed by atoms with van der Waals surface area (Å²) in [5.74, 6) is 2.32. The predicted octanol–water partition coefficient (Wildman–Crippen LogP) is 7.46. The van der Waals surface area contributed by atoms with Gasteiger partial charge in [-0.15, -0.1) is 37.2 Å². The third kappa shape index (κ3) is 9.80. The van der Waals surface area contributed by atoms with E-state index >= 15 is 0 Å². The summed E-state index contributed by atoms with van der Waals surface area (Å²) in [6.45, 7) is 9.43. The number of nitrogens with zero attached hydrogens (tertiary/aromatic N) is 3. The van der Waals surface area contributed by atoms with Crippen LogP contribution in [0.1, 0.15) is 56.8 Å². The van der Waals surface area contributed by atoms with Crippen LogP contribution >= 0.6 is 48.8 Å². The Kier molecular flexibility index (Phi) is 15.3. The molecule has 1 aliphatic heterocycles. The molecule has 4 rings (SSSR count). The van der Waals surface area contributed by atoms with Gasteiger partial charge in [0.05, 0.1) is 11.0 Å². The van der Waals surface area contributed by atoms with Crippen LogP contribution in [0.4, 0.5) is 0 Å². The average Bonchev–Trinajstić information content (AvgIpc) is 3.20. The van der Waals surface area contributed by atoms with Gasteiger partial charge in [-0.2, -0.15) is 0 Å². The molecule has 0 spiro atoms. The zero-order valence-electron chi connectivity index (χ0n) is 21.9. The number of hydrogen-bond acceptors (Lipinski definition) is 4. The van der Waals surface area contributed by atoms with Crippen molar-refractivity contribution in [1.29, 1.82) is 0 Å². The minimum absolute atomic E-state index is 0. The Hall–Kier alpha value is -1.21. The molecule has 0 radical (unpaired) electrons. The zero-order chi connectivity index (χ0) is 23.9. The summed E-state index contributed by atoms with van der Waals surface area (Å²) in [4.78, 5) is 7.53. The first kappa shape index (κ1) is 33.8. The highest BCUT2D eigenvalue weighted by Crippen LogP contribution is 2.24. The number of para-hydroxylation sites is 1. The third-order valence-corrected chi connectivity index (χ3v) is 7.31. The lowest BCUT2D eigenvalue weighted by atomic mass is 9.96. The number of halogens is 4. The van der Waals surface area contributed by atoms with Gasteiger partial charge < -0.3 is 19.9 Å². The molecule has 1 saturated heterocycles. The number of aryl methyl sites for hydroxylation is 2. The van der Waals surface area contributed by atoms with Gasteiger partial charge >= 0.3 is 0 Å². The van der Waals surface area contributed by atoms with E-state index in [-0.39, 0.29) is 43.3 Å². The number of imidazole rings is 1. The topological polar surface area (TPSA) is 56.3 Å². The second-order valence-electron chi connectivity index (χ2n) is 9.95. The maximum atomic E-state index is 6.53. The molecule has 0 aliphatic carbocycles. The first-order valence-electron chi connectivity index (χ1n) is 12.8. The molecule has 2 aromatic carbocycles. The largest absolute Gasteiger partial charge is 0.486 e. The second-order valence-corrected chi connectivity index (χ2v) is 10.4. The quantitative estimate of drug-likeness (QED) is 0.251. The average molecular weight is 592 g/mol. The van der Waals surface area contributed by atoms with Crippen LogP contribution in [0.2, 0.25) is 5.02 Å². The van der Waals surface area contributed by atoms with Crippen LogP contribution in [-0.2, 0) is 13.2 Å². The Morgan fingerprint density at radius 1 is 0.973 bits per heavy atom. The van der Waals surface area contributed by atoms with E-state index < -0.39 is 0 Å². The van der Waals surface area contributed by atoms with E-state index in [4.69, 9.17) is 27.1 Å². The molecular weight excluding hydrogens is 550 g/mol. The van der Waals surface area contributed by atoms with Gasteiger partial charge in [-0.05, 0) is 100 Å². The fourth-order valence-corrected chi connectivity index (χ4v) is 5.13. The number of ether oxygens (including phenoxy) is 1. The molecule has 9 heteroatoms. The lowest BCUT2D eigenvalue weighted by Crippen LogP contribution is -2.34. The van der Waals surface area contributed by atoms with Gasteiger partial charge in [0, 0.05) is 17.6 Å². The molecule has 208 valence electrons. The molecule has 2 N–H and O–H groups in total. The number of likely N-dealkylation sites (tertiary alicyclic amines) is 1. The van der Waals surface area contributed by atoms with Crippen LogP contribution in [-0.4, -0.2) is 40.1 Å². The summed E-state index contributed by atoms with van der Waals surface area (Å²) in [5.41, 5.74) is 9.96. The number of fused-ring (bicyclic) bond motifs is 1. The summed E-state index contributed by atoms with van der Waals surface area (Å²) in [6.07, 6.45) is 7.30. The van der Waals surface area contributed by atoms with E-state index in [0.717, 1.165) is 49.4 Å². The Morgan fingerprint density at radius 2 is 1.68 bits per heavy atom. The van der Waals surface area contributed by atoms with E-state index in [2.05, 4.69) is 41.5 Å². The smallest absolute Gasteiger partial charge is 0.148 e. The number of aromatic nitrogens is 2. The maximum Gasteiger partial charge on any atom is 0.148 e.